The molecular formula is C22H40N4S2. The maximum Gasteiger partial charge on any atom is 0.0482 e. The van der Waals surface area contributed by atoms with Crippen LogP contribution in [0.1, 0.15) is 36.1 Å². The van der Waals surface area contributed by atoms with E-state index in [0.717, 1.165) is 24.2 Å². The molecule has 0 bridgehead atoms. The minimum atomic E-state index is 0.917. The summed E-state index contributed by atoms with van der Waals surface area (Å²) < 4.78 is 0. The summed E-state index contributed by atoms with van der Waals surface area (Å²) in [7, 11) is 3.00. The quantitative estimate of drug-likeness (QED) is 0.412. The van der Waals surface area contributed by atoms with Gasteiger partial charge >= 0.3 is 0 Å². The Kier molecular flexibility index (Phi) is 17.1. The van der Waals surface area contributed by atoms with Gasteiger partial charge in [-0.05, 0) is 87.7 Å². The highest BCUT2D eigenvalue weighted by Crippen LogP contribution is 2.30. The van der Waals surface area contributed by atoms with Gasteiger partial charge in [0.2, 0.25) is 0 Å². The third-order valence-electron chi connectivity index (χ3n) is 4.10. The van der Waals surface area contributed by atoms with E-state index in [1.54, 1.807) is 23.5 Å². The molecule has 2 aromatic rings. The fraction of sp³-hybridized carbons (Fsp3) is 0.455. The first kappa shape index (κ1) is 28.9. The second-order valence-electron chi connectivity index (χ2n) is 5.75. The summed E-state index contributed by atoms with van der Waals surface area (Å²) in [5.74, 6) is 0. The van der Waals surface area contributed by atoms with Crippen LogP contribution < -0.4 is 22.9 Å². The number of nitrogen functional groups attached to an aromatic ring is 2. The number of hydrogen-bond donors (Lipinski definition) is 4. The number of hydrogen-bond acceptors (Lipinski definition) is 6. The summed E-state index contributed by atoms with van der Waals surface area (Å²) >= 11 is 3.45. The van der Waals surface area contributed by atoms with E-state index in [1.165, 1.54) is 46.1 Å². The summed E-state index contributed by atoms with van der Waals surface area (Å²) in [6.45, 7) is 8.44. The van der Waals surface area contributed by atoms with Crippen LogP contribution in [-0.2, 0) is 12.8 Å². The highest BCUT2D eigenvalue weighted by molar-refractivity contribution is 7.99. The third kappa shape index (κ3) is 9.24. The zero-order valence-corrected chi connectivity index (χ0v) is 20.5. The largest absolute Gasteiger partial charge is 0.398 e. The van der Waals surface area contributed by atoms with Crippen LogP contribution in [0, 0.1) is 13.8 Å². The molecule has 160 valence electrons. The molecule has 28 heavy (non-hydrogen) atoms. The van der Waals surface area contributed by atoms with Crippen molar-refractivity contribution >= 4 is 34.9 Å². The summed E-state index contributed by atoms with van der Waals surface area (Å²) in [6.07, 6.45) is 6.25. The lowest BCUT2D eigenvalue weighted by Gasteiger charge is -2.08. The van der Waals surface area contributed by atoms with Gasteiger partial charge in [-0.25, -0.2) is 0 Å². The first-order valence-corrected chi connectivity index (χ1v) is 11.8. The highest BCUT2D eigenvalue weighted by atomic mass is 32.2. The Morgan fingerprint density at radius 2 is 1.25 bits per heavy atom. The molecule has 0 atom stereocenters. The van der Waals surface area contributed by atoms with E-state index in [2.05, 4.69) is 75.9 Å². The van der Waals surface area contributed by atoms with E-state index in [0.29, 0.717) is 0 Å². The molecule has 4 nitrogen and oxygen atoms in total. The minimum absolute atomic E-state index is 0.917. The molecule has 0 fully saturated rings. The van der Waals surface area contributed by atoms with Crippen LogP contribution in [0.5, 0.6) is 0 Å². The van der Waals surface area contributed by atoms with E-state index < -0.39 is 0 Å². The molecule has 8 N–H and O–H groups in total. The molecule has 0 radical (unpaired) electrons. The highest BCUT2D eigenvalue weighted by Gasteiger charge is 2.03. The maximum atomic E-state index is 5.92. The van der Waals surface area contributed by atoms with Crippen molar-refractivity contribution in [1.29, 1.82) is 0 Å². The van der Waals surface area contributed by atoms with E-state index in [-0.39, 0.29) is 0 Å². The lowest BCUT2D eigenvalue weighted by Crippen LogP contribution is -1.98. The van der Waals surface area contributed by atoms with Gasteiger partial charge in [-0.2, -0.15) is 0 Å². The fourth-order valence-electron chi connectivity index (χ4n) is 2.47. The van der Waals surface area contributed by atoms with Crippen LogP contribution in [0.4, 0.5) is 11.4 Å². The van der Waals surface area contributed by atoms with Crippen LogP contribution in [0.2, 0.25) is 0 Å². The topological polar surface area (TPSA) is 104 Å². The van der Waals surface area contributed by atoms with Crippen molar-refractivity contribution in [2.24, 2.45) is 11.5 Å². The Balaban J connectivity index is 0. The Morgan fingerprint density at radius 3 is 1.68 bits per heavy atom. The first-order valence-electron chi connectivity index (χ1n) is 9.39. The van der Waals surface area contributed by atoms with Crippen LogP contribution in [0.25, 0.3) is 0 Å². The molecule has 0 heterocycles. The van der Waals surface area contributed by atoms with Crippen LogP contribution >= 0.6 is 23.5 Å². The first-order chi connectivity index (χ1) is 13.4. The van der Waals surface area contributed by atoms with Crippen LogP contribution in [0.3, 0.4) is 0 Å². The molecule has 0 unspecified atom stereocenters. The average Bonchev–Trinajstić information content (AvgIpc) is 2.75. The van der Waals surface area contributed by atoms with Crippen molar-refractivity contribution in [3.05, 3.63) is 46.5 Å². The van der Waals surface area contributed by atoms with Gasteiger partial charge < -0.3 is 22.9 Å². The van der Waals surface area contributed by atoms with Gasteiger partial charge in [0.15, 0.2) is 0 Å². The molecule has 0 saturated carbocycles. The van der Waals surface area contributed by atoms with Crippen molar-refractivity contribution in [2.75, 3.05) is 38.1 Å². The third-order valence-corrected chi connectivity index (χ3v) is 5.58. The molecule has 0 aliphatic carbocycles. The normalized spacial score (nSPS) is 9.21. The SMILES string of the molecule is CCc1cc(C)c(N)c(CC)c1.CN.CN.CSc1cc(C)c(N)c(SC)c1. The molecule has 6 heteroatoms. The molecular weight excluding hydrogens is 384 g/mol. The zero-order valence-electron chi connectivity index (χ0n) is 18.8. The van der Waals surface area contributed by atoms with Crippen LogP contribution in [0.15, 0.2) is 34.1 Å². The van der Waals surface area contributed by atoms with E-state index >= 15 is 0 Å². The minimum Gasteiger partial charge on any atom is -0.398 e. The average molecular weight is 425 g/mol. The van der Waals surface area contributed by atoms with Gasteiger partial charge in [0.05, 0.1) is 0 Å². The number of anilines is 2. The lowest BCUT2D eigenvalue weighted by molar-refractivity contribution is 1.08. The lowest BCUT2D eigenvalue weighted by atomic mass is 10.0. The predicted octanol–water partition coefficient (Wildman–Crippen LogP) is 4.87. The second kappa shape index (κ2) is 16.6. The zero-order chi connectivity index (χ0) is 22.3. The number of nitrogens with two attached hydrogens (primary N) is 4. The van der Waals surface area contributed by atoms with Gasteiger partial charge in [0.1, 0.15) is 0 Å². The van der Waals surface area contributed by atoms with Crippen molar-refractivity contribution in [3.8, 4) is 0 Å². The Morgan fingerprint density at radius 1 is 0.714 bits per heavy atom. The van der Waals surface area contributed by atoms with Crippen molar-refractivity contribution in [1.82, 2.24) is 0 Å². The Labute approximate surface area is 181 Å². The summed E-state index contributed by atoms with van der Waals surface area (Å²) in [4.78, 5) is 2.46. The number of benzene rings is 2. The van der Waals surface area contributed by atoms with Gasteiger partial charge in [0, 0.05) is 21.2 Å². The molecule has 0 spiro atoms. The van der Waals surface area contributed by atoms with Crippen LogP contribution in [-0.4, -0.2) is 26.6 Å². The van der Waals surface area contributed by atoms with E-state index in [9.17, 15) is 0 Å². The van der Waals surface area contributed by atoms with Crippen molar-refractivity contribution in [2.45, 2.75) is 50.3 Å². The Hall–Kier alpha value is -1.34. The molecule has 2 aromatic carbocycles. The van der Waals surface area contributed by atoms with Gasteiger partial charge in [0.25, 0.3) is 0 Å². The number of aryl methyl sites for hydroxylation is 4. The molecule has 0 saturated heterocycles. The fourth-order valence-corrected chi connectivity index (χ4v) is 3.70. The summed E-state index contributed by atoms with van der Waals surface area (Å²) in [6, 6.07) is 8.65. The van der Waals surface area contributed by atoms with E-state index in [1.807, 2.05) is 0 Å². The monoisotopic (exact) mass is 424 g/mol. The summed E-state index contributed by atoms with van der Waals surface area (Å²) in [5.41, 5.74) is 27.7. The molecule has 0 aromatic heterocycles. The number of thioether (sulfide) groups is 2. The standard InChI is InChI=1S/C11H17N.C9H13NS2.2CH5N/c1-4-9-6-8(3)11(12)10(5-2)7-9;1-6-4-7(11-2)5-8(12-3)9(6)10;2*1-2/h6-7H,4-5,12H2,1-3H3;4-5H,10H2,1-3H3;2*2H2,1H3. The van der Waals surface area contributed by atoms with Gasteiger partial charge in [-0.3, -0.25) is 0 Å². The number of rotatable bonds is 4. The molecule has 0 aliphatic heterocycles. The molecule has 0 amide bonds. The second-order valence-corrected chi connectivity index (χ2v) is 7.48. The Bertz CT molecular complexity index is 629. The molecule has 2 rings (SSSR count). The van der Waals surface area contributed by atoms with E-state index in [4.69, 9.17) is 11.5 Å². The van der Waals surface area contributed by atoms with Gasteiger partial charge in [-0.15, -0.1) is 23.5 Å². The maximum absolute atomic E-state index is 5.92. The predicted molar refractivity (Wildman–Crippen MR) is 134 cm³/mol. The van der Waals surface area contributed by atoms with Crippen molar-refractivity contribution < 1.29 is 0 Å². The molecule has 0 aliphatic rings. The smallest absolute Gasteiger partial charge is 0.0482 e. The van der Waals surface area contributed by atoms with Gasteiger partial charge in [-0.1, -0.05) is 26.0 Å². The summed E-state index contributed by atoms with van der Waals surface area (Å²) in [5, 5.41) is 0. The van der Waals surface area contributed by atoms with Crippen molar-refractivity contribution in [3.63, 3.8) is 0 Å².